The van der Waals surface area contributed by atoms with E-state index in [1.807, 2.05) is 0 Å². The number of carboxylic acid groups (broad SMARTS) is 1. The van der Waals surface area contributed by atoms with E-state index in [1.165, 1.54) is 0 Å². The minimum atomic E-state index is -5.07. The normalized spacial score (nSPS) is 14.1. The van der Waals surface area contributed by atoms with Crippen molar-refractivity contribution in [3.8, 4) is 0 Å². The van der Waals surface area contributed by atoms with E-state index >= 15 is 0 Å². The third-order valence-electron chi connectivity index (χ3n) is 2.08. The number of aliphatic carboxylic acids is 1. The fraction of sp³-hybridized carbons (Fsp3) is 0.300. The van der Waals surface area contributed by atoms with E-state index in [-0.39, 0.29) is 18.2 Å². The van der Waals surface area contributed by atoms with Crippen LogP contribution in [0, 0.1) is 0 Å². The Hall–Kier alpha value is -1.58. The molecule has 1 atom stereocenters. The summed E-state index contributed by atoms with van der Waals surface area (Å²) in [5, 5.41) is 8.37. The van der Waals surface area contributed by atoms with Gasteiger partial charge in [-0.2, -0.15) is 26.3 Å². The van der Waals surface area contributed by atoms with Gasteiger partial charge in [-0.3, -0.25) is 9.00 Å². The summed E-state index contributed by atoms with van der Waals surface area (Å²) in [6.45, 7) is 0. The summed E-state index contributed by atoms with van der Waals surface area (Å²) in [6.07, 6.45) is -10.1. The van der Waals surface area contributed by atoms with Crippen molar-refractivity contribution in [1.82, 2.24) is 0 Å². The number of benzene rings is 1. The van der Waals surface area contributed by atoms with E-state index in [0.717, 1.165) is 0 Å². The number of carbonyl (C=O) groups is 1. The molecule has 0 aliphatic carbocycles. The molecule has 0 amide bonds. The molecule has 0 spiro atoms. The van der Waals surface area contributed by atoms with Crippen LogP contribution in [0.5, 0.6) is 0 Å². The maximum absolute atomic E-state index is 12.5. The van der Waals surface area contributed by atoms with Crippen molar-refractivity contribution < 1.29 is 40.5 Å². The largest absolute Gasteiger partial charge is 0.481 e. The zero-order valence-electron chi connectivity index (χ0n) is 9.38. The topological polar surface area (TPSA) is 54.4 Å². The Morgan fingerprint density at radius 1 is 1.00 bits per heavy atom. The van der Waals surface area contributed by atoms with Crippen molar-refractivity contribution in [2.75, 3.05) is 5.75 Å². The van der Waals surface area contributed by atoms with Gasteiger partial charge in [0.15, 0.2) is 0 Å². The summed E-state index contributed by atoms with van der Waals surface area (Å²) in [7, 11) is -2.50. The zero-order valence-corrected chi connectivity index (χ0v) is 10.2. The molecule has 3 nitrogen and oxygen atoms in total. The molecule has 1 aromatic carbocycles. The number of alkyl halides is 6. The standard InChI is InChI=1S/C10H6F6O3S/c11-9(12,13)5-1-6(10(14,15)16)3-7(2-5)20(19)4-8(17)18/h1-3H,4H2,(H,17,18). The average Bonchev–Trinajstić information content (AvgIpc) is 2.25. The summed E-state index contributed by atoms with van der Waals surface area (Å²) >= 11 is 0. The van der Waals surface area contributed by atoms with Crippen molar-refractivity contribution in [1.29, 1.82) is 0 Å². The highest BCUT2D eigenvalue weighted by molar-refractivity contribution is 7.85. The van der Waals surface area contributed by atoms with Crippen LogP contribution in [-0.2, 0) is 27.9 Å². The smallest absolute Gasteiger partial charge is 0.416 e. The van der Waals surface area contributed by atoms with E-state index < -0.39 is 50.9 Å². The Labute approximate surface area is 110 Å². The first-order chi connectivity index (χ1) is 8.91. The van der Waals surface area contributed by atoms with Gasteiger partial charge in [0, 0.05) is 4.90 Å². The Bertz CT molecular complexity index is 517. The summed E-state index contributed by atoms with van der Waals surface area (Å²) < 4.78 is 86.3. The van der Waals surface area contributed by atoms with Gasteiger partial charge in [-0.1, -0.05) is 0 Å². The van der Waals surface area contributed by atoms with Crippen LogP contribution in [0.15, 0.2) is 23.1 Å². The monoisotopic (exact) mass is 320 g/mol. The molecular weight excluding hydrogens is 314 g/mol. The quantitative estimate of drug-likeness (QED) is 0.871. The number of halogens is 6. The molecule has 0 radical (unpaired) electrons. The molecule has 0 heterocycles. The molecule has 1 rings (SSSR count). The summed E-state index contributed by atoms with van der Waals surface area (Å²) in [5.74, 6) is -2.69. The lowest BCUT2D eigenvalue weighted by atomic mass is 10.1. The lowest BCUT2D eigenvalue weighted by molar-refractivity contribution is -0.143. The minimum absolute atomic E-state index is 0.124. The first kappa shape index (κ1) is 16.5. The van der Waals surface area contributed by atoms with E-state index in [0.29, 0.717) is 0 Å². The van der Waals surface area contributed by atoms with Gasteiger partial charge in [0.2, 0.25) is 0 Å². The van der Waals surface area contributed by atoms with Gasteiger partial charge < -0.3 is 5.11 Å². The van der Waals surface area contributed by atoms with E-state index in [2.05, 4.69) is 0 Å². The Morgan fingerprint density at radius 3 is 1.70 bits per heavy atom. The highest BCUT2D eigenvalue weighted by Gasteiger charge is 2.37. The Morgan fingerprint density at radius 2 is 1.40 bits per heavy atom. The van der Waals surface area contributed by atoms with Crippen LogP contribution in [0.2, 0.25) is 0 Å². The predicted octanol–water partition coefficient (Wildman–Crippen LogP) is 2.92. The highest BCUT2D eigenvalue weighted by Crippen LogP contribution is 2.36. The lowest BCUT2D eigenvalue weighted by Gasteiger charge is -2.13. The van der Waals surface area contributed by atoms with Gasteiger partial charge in [0.25, 0.3) is 0 Å². The van der Waals surface area contributed by atoms with Crippen LogP contribution in [-0.4, -0.2) is 21.0 Å². The molecule has 0 aliphatic rings. The summed E-state index contributed by atoms with van der Waals surface area (Å²) in [4.78, 5) is 9.47. The summed E-state index contributed by atoms with van der Waals surface area (Å²) in [5.41, 5.74) is -3.28. The van der Waals surface area contributed by atoms with Crippen LogP contribution in [0.3, 0.4) is 0 Å². The van der Waals surface area contributed by atoms with E-state index in [4.69, 9.17) is 5.11 Å². The van der Waals surface area contributed by atoms with Crippen molar-refractivity contribution in [2.45, 2.75) is 17.2 Å². The van der Waals surface area contributed by atoms with Gasteiger partial charge in [0.1, 0.15) is 5.75 Å². The highest BCUT2D eigenvalue weighted by atomic mass is 32.2. The number of hydrogen-bond donors (Lipinski definition) is 1. The fourth-order valence-electron chi connectivity index (χ4n) is 1.25. The van der Waals surface area contributed by atoms with Crippen LogP contribution >= 0.6 is 0 Å². The fourth-order valence-corrected chi connectivity index (χ4v) is 2.16. The second-order valence-electron chi connectivity index (χ2n) is 3.63. The average molecular weight is 320 g/mol. The maximum atomic E-state index is 12.5. The van der Waals surface area contributed by atoms with Crippen LogP contribution in [0.25, 0.3) is 0 Å². The molecule has 20 heavy (non-hydrogen) atoms. The SMILES string of the molecule is O=C(O)CS(=O)c1cc(C(F)(F)F)cc(C(F)(F)F)c1. The molecule has 10 heteroatoms. The molecule has 0 bridgehead atoms. The first-order valence-corrected chi connectivity index (χ1v) is 6.13. The number of carboxylic acids is 1. The molecule has 0 aliphatic heterocycles. The molecule has 1 aromatic rings. The van der Waals surface area contributed by atoms with Gasteiger partial charge in [-0.25, -0.2) is 0 Å². The molecular formula is C10H6F6O3S. The van der Waals surface area contributed by atoms with Crippen molar-refractivity contribution in [3.05, 3.63) is 29.3 Å². The molecule has 0 aromatic heterocycles. The van der Waals surface area contributed by atoms with Crippen molar-refractivity contribution >= 4 is 16.8 Å². The van der Waals surface area contributed by atoms with Crippen LogP contribution < -0.4 is 0 Å². The van der Waals surface area contributed by atoms with Crippen LogP contribution in [0.1, 0.15) is 11.1 Å². The van der Waals surface area contributed by atoms with Gasteiger partial charge >= 0.3 is 18.3 Å². The molecule has 1 N–H and O–H groups in total. The maximum Gasteiger partial charge on any atom is 0.416 e. The summed E-state index contributed by atoms with van der Waals surface area (Å²) in [6, 6.07) is 0.365. The molecule has 0 saturated carbocycles. The van der Waals surface area contributed by atoms with Gasteiger partial charge in [-0.15, -0.1) is 0 Å². The lowest BCUT2D eigenvalue weighted by Crippen LogP contribution is -2.14. The Balaban J connectivity index is 3.38. The minimum Gasteiger partial charge on any atom is -0.481 e. The third-order valence-corrected chi connectivity index (χ3v) is 3.35. The van der Waals surface area contributed by atoms with E-state index in [1.54, 1.807) is 0 Å². The van der Waals surface area contributed by atoms with Crippen molar-refractivity contribution in [3.63, 3.8) is 0 Å². The van der Waals surface area contributed by atoms with Gasteiger partial charge in [-0.05, 0) is 18.2 Å². The van der Waals surface area contributed by atoms with Crippen molar-refractivity contribution in [2.24, 2.45) is 0 Å². The zero-order chi connectivity index (χ0) is 15.7. The van der Waals surface area contributed by atoms with Crippen LogP contribution in [0.4, 0.5) is 26.3 Å². The van der Waals surface area contributed by atoms with E-state index in [9.17, 15) is 35.3 Å². The molecule has 0 saturated heterocycles. The first-order valence-electron chi connectivity index (χ1n) is 4.81. The van der Waals surface area contributed by atoms with Gasteiger partial charge in [0.05, 0.1) is 21.9 Å². The number of hydrogen-bond acceptors (Lipinski definition) is 2. The Kier molecular flexibility index (Phi) is 4.47. The molecule has 1 unspecified atom stereocenters. The predicted molar refractivity (Wildman–Crippen MR) is 55.4 cm³/mol. The number of rotatable bonds is 3. The molecule has 112 valence electrons. The molecule has 0 fully saturated rings. The second-order valence-corrected chi connectivity index (χ2v) is 5.08. The third kappa shape index (κ3) is 4.22. The second kappa shape index (κ2) is 5.43.